The van der Waals surface area contributed by atoms with Gasteiger partial charge in [-0.15, -0.1) is 0 Å². The van der Waals surface area contributed by atoms with E-state index in [-0.39, 0.29) is 5.54 Å². The highest BCUT2D eigenvalue weighted by atomic mass is 14.7. The number of rotatable bonds is 10. The lowest BCUT2D eigenvalue weighted by molar-refractivity contribution is 0.203. The third-order valence-corrected chi connectivity index (χ3v) is 5.09. The summed E-state index contributed by atoms with van der Waals surface area (Å²) >= 11 is 0. The van der Waals surface area contributed by atoms with E-state index in [0.717, 1.165) is 5.92 Å². The molecule has 0 radical (unpaired) electrons. The van der Waals surface area contributed by atoms with Gasteiger partial charge in [-0.25, -0.2) is 0 Å². The van der Waals surface area contributed by atoms with Crippen LogP contribution in [0.1, 0.15) is 104 Å². The van der Waals surface area contributed by atoms with Crippen LogP contribution in [0.5, 0.6) is 0 Å². The predicted molar refractivity (Wildman–Crippen MR) is 86.4 cm³/mol. The number of hydrogen-bond donors (Lipinski definition) is 1. The van der Waals surface area contributed by atoms with Crippen LogP contribution < -0.4 is 5.73 Å². The lowest BCUT2D eigenvalue weighted by atomic mass is 9.73. The van der Waals surface area contributed by atoms with E-state index in [2.05, 4.69) is 13.8 Å². The monoisotopic (exact) mass is 267 g/mol. The van der Waals surface area contributed by atoms with Crippen molar-refractivity contribution in [1.82, 2.24) is 0 Å². The quantitative estimate of drug-likeness (QED) is 0.496. The Kier molecular flexibility index (Phi) is 8.77. The van der Waals surface area contributed by atoms with Crippen molar-refractivity contribution in [2.75, 3.05) is 0 Å². The Morgan fingerprint density at radius 2 is 1.58 bits per heavy atom. The third-order valence-electron chi connectivity index (χ3n) is 5.09. The zero-order valence-corrected chi connectivity index (χ0v) is 13.6. The second kappa shape index (κ2) is 9.80. The summed E-state index contributed by atoms with van der Waals surface area (Å²) in [5.41, 5.74) is 6.80. The van der Waals surface area contributed by atoms with Crippen LogP contribution in [0, 0.1) is 5.92 Å². The molecule has 2 atom stereocenters. The van der Waals surface area contributed by atoms with E-state index < -0.39 is 0 Å². The number of hydrogen-bond acceptors (Lipinski definition) is 1. The van der Waals surface area contributed by atoms with Crippen molar-refractivity contribution in [2.24, 2.45) is 11.7 Å². The van der Waals surface area contributed by atoms with Crippen LogP contribution in [0.2, 0.25) is 0 Å². The molecule has 0 aromatic heterocycles. The van der Waals surface area contributed by atoms with Crippen molar-refractivity contribution < 1.29 is 0 Å². The van der Waals surface area contributed by atoms with E-state index in [0.29, 0.717) is 0 Å². The van der Waals surface area contributed by atoms with Gasteiger partial charge in [-0.2, -0.15) is 0 Å². The molecule has 0 aromatic carbocycles. The molecule has 19 heavy (non-hydrogen) atoms. The second-order valence-corrected chi connectivity index (χ2v) is 6.96. The highest BCUT2D eigenvalue weighted by molar-refractivity contribution is 4.90. The van der Waals surface area contributed by atoms with Gasteiger partial charge in [0.2, 0.25) is 0 Å². The minimum absolute atomic E-state index is 0.196. The Labute approximate surface area is 121 Å². The molecule has 0 bridgehead atoms. The smallest absolute Gasteiger partial charge is 0.0157 e. The fourth-order valence-corrected chi connectivity index (χ4v) is 3.71. The summed E-state index contributed by atoms with van der Waals surface area (Å²) in [4.78, 5) is 0. The van der Waals surface area contributed by atoms with E-state index in [1.165, 1.54) is 89.9 Å². The lowest BCUT2D eigenvalue weighted by Gasteiger charge is -2.38. The van der Waals surface area contributed by atoms with E-state index >= 15 is 0 Å². The first-order valence-electron chi connectivity index (χ1n) is 8.99. The molecule has 1 heteroatoms. The molecular formula is C18H37N. The maximum Gasteiger partial charge on any atom is 0.0157 e. The molecule has 2 N–H and O–H groups in total. The summed E-state index contributed by atoms with van der Waals surface area (Å²) in [6.45, 7) is 4.61. The predicted octanol–water partition coefficient (Wildman–Crippen LogP) is 5.81. The first-order valence-corrected chi connectivity index (χ1v) is 8.99. The molecule has 0 aromatic rings. The van der Waals surface area contributed by atoms with Crippen molar-refractivity contribution in [3.8, 4) is 0 Å². The average molecular weight is 268 g/mol. The molecule has 0 saturated heterocycles. The highest BCUT2D eigenvalue weighted by Crippen LogP contribution is 2.35. The molecule has 0 aliphatic heterocycles. The first kappa shape index (κ1) is 17.0. The topological polar surface area (TPSA) is 26.0 Å². The SMILES string of the molecule is CCCCCCCCCCC1(N)CCCC(CC)C1. The van der Waals surface area contributed by atoms with Gasteiger partial charge in [0.1, 0.15) is 0 Å². The maximum absolute atomic E-state index is 6.61. The van der Waals surface area contributed by atoms with Crippen molar-refractivity contribution >= 4 is 0 Å². The summed E-state index contributed by atoms with van der Waals surface area (Å²) in [5.74, 6) is 0.910. The molecule has 1 aliphatic carbocycles. The molecule has 0 amide bonds. The van der Waals surface area contributed by atoms with Crippen LogP contribution in [0.4, 0.5) is 0 Å². The molecule has 1 rings (SSSR count). The Hall–Kier alpha value is -0.0400. The molecule has 0 heterocycles. The largest absolute Gasteiger partial charge is 0.325 e. The molecule has 1 aliphatic rings. The van der Waals surface area contributed by atoms with E-state index in [1.807, 2.05) is 0 Å². The third kappa shape index (κ3) is 7.34. The molecule has 1 fully saturated rings. The Bertz CT molecular complexity index is 214. The van der Waals surface area contributed by atoms with Crippen molar-refractivity contribution in [3.63, 3.8) is 0 Å². The Morgan fingerprint density at radius 3 is 2.21 bits per heavy atom. The van der Waals surface area contributed by atoms with Gasteiger partial charge in [0.25, 0.3) is 0 Å². The zero-order valence-electron chi connectivity index (χ0n) is 13.6. The normalized spacial score (nSPS) is 27.6. The molecule has 114 valence electrons. The lowest BCUT2D eigenvalue weighted by Crippen LogP contribution is -2.44. The van der Waals surface area contributed by atoms with Gasteiger partial charge in [-0.1, -0.05) is 84.5 Å². The summed E-state index contributed by atoms with van der Waals surface area (Å²) < 4.78 is 0. The number of nitrogens with two attached hydrogens (primary N) is 1. The van der Waals surface area contributed by atoms with Gasteiger partial charge in [0.05, 0.1) is 0 Å². The fraction of sp³-hybridized carbons (Fsp3) is 1.00. The Balaban J connectivity index is 2.01. The van der Waals surface area contributed by atoms with Crippen LogP contribution >= 0.6 is 0 Å². The van der Waals surface area contributed by atoms with Crippen LogP contribution in [0.3, 0.4) is 0 Å². The first-order chi connectivity index (χ1) is 9.20. The van der Waals surface area contributed by atoms with Crippen LogP contribution in [0.25, 0.3) is 0 Å². The number of unbranched alkanes of at least 4 members (excludes halogenated alkanes) is 7. The zero-order chi connectivity index (χ0) is 14.0. The standard InChI is InChI=1S/C18H37N/c1-3-5-6-7-8-9-10-11-14-18(19)15-12-13-17(4-2)16-18/h17H,3-16,19H2,1-2H3. The fourth-order valence-electron chi connectivity index (χ4n) is 3.71. The van der Waals surface area contributed by atoms with Gasteiger partial charge >= 0.3 is 0 Å². The Morgan fingerprint density at radius 1 is 0.947 bits per heavy atom. The van der Waals surface area contributed by atoms with E-state index in [9.17, 15) is 0 Å². The van der Waals surface area contributed by atoms with Crippen LogP contribution in [-0.4, -0.2) is 5.54 Å². The van der Waals surface area contributed by atoms with Crippen LogP contribution in [-0.2, 0) is 0 Å². The van der Waals surface area contributed by atoms with Crippen LogP contribution in [0.15, 0.2) is 0 Å². The van der Waals surface area contributed by atoms with Gasteiger partial charge in [-0.3, -0.25) is 0 Å². The average Bonchev–Trinajstić information content (AvgIpc) is 2.41. The highest BCUT2D eigenvalue weighted by Gasteiger charge is 2.31. The van der Waals surface area contributed by atoms with Crippen molar-refractivity contribution in [2.45, 2.75) is 109 Å². The van der Waals surface area contributed by atoms with E-state index in [4.69, 9.17) is 5.73 Å². The van der Waals surface area contributed by atoms with E-state index in [1.54, 1.807) is 0 Å². The molecule has 1 saturated carbocycles. The summed E-state index contributed by atoms with van der Waals surface area (Å²) in [7, 11) is 0. The molecule has 1 nitrogen and oxygen atoms in total. The molecule has 0 spiro atoms. The van der Waals surface area contributed by atoms with Crippen molar-refractivity contribution in [1.29, 1.82) is 0 Å². The van der Waals surface area contributed by atoms with Gasteiger partial charge in [0, 0.05) is 5.54 Å². The summed E-state index contributed by atoms with van der Waals surface area (Å²) in [6.07, 6.45) is 19.3. The summed E-state index contributed by atoms with van der Waals surface area (Å²) in [5, 5.41) is 0. The maximum atomic E-state index is 6.61. The van der Waals surface area contributed by atoms with Gasteiger partial charge < -0.3 is 5.73 Å². The minimum atomic E-state index is 0.196. The second-order valence-electron chi connectivity index (χ2n) is 6.96. The van der Waals surface area contributed by atoms with Crippen molar-refractivity contribution in [3.05, 3.63) is 0 Å². The minimum Gasteiger partial charge on any atom is -0.325 e. The molecular weight excluding hydrogens is 230 g/mol. The van der Waals surface area contributed by atoms with Gasteiger partial charge in [-0.05, 0) is 25.2 Å². The van der Waals surface area contributed by atoms with Gasteiger partial charge in [0.15, 0.2) is 0 Å². The molecule has 2 unspecified atom stereocenters. The summed E-state index contributed by atoms with van der Waals surface area (Å²) in [6, 6.07) is 0.